The Hall–Kier alpha value is -1.79. The molecule has 1 aromatic carbocycles. The van der Waals surface area contributed by atoms with Gasteiger partial charge in [-0.25, -0.2) is 4.79 Å². The van der Waals surface area contributed by atoms with Crippen molar-refractivity contribution in [1.82, 2.24) is 0 Å². The minimum absolute atomic E-state index is 0.195. The maximum Gasteiger partial charge on any atom is 0.412 e. The van der Waals surface area contributed by atoms with Crippen LogP contribution in [0.3, 0.4) is 0 Å². The van der Waals surface area contributed by atoms with Crippen LogP contribution in [0.5, 0.6) is 5.75 Å². The number of carbonyl (C=O) groups excluding carboxylic acids is 1. The van der Waals surface area contributed by atoms with Crippen LogP contribution in [0.1, 0.15) is 26.3 Å². The Balaban J connectivity index is 2.81. The van der Waals surface area contributed by atoms with Crippen molar-refractivity contribution in [3.8, 4) is 5.75 Å². The zero-order valence-electron chi connectivity index (χ0n) is 13.0. The van der Waals surface area contributed by atoms with Crippen LogP contribution >= 0.6 is 0 Å². The van der Waals surface area contributed by atoms with Gasteiger partial charge < -0.3 is 20.3 Å². The highest BCUT2D eigenvalue weighted by Crippen LogP contribution is 2.26. The van der Waals surface area contributed by atoms with Gasteiger partial charge in [0.1, 0.15) is 11.4 Å². The molecule has 0 aliphatic heterocycles. The van der Waals surface area contributed by atoms with Crippen molar-refractivity contribution in [3.63, 3.8) is 0 Å². The van der Waals surface area contributed by atoms with E-state index in [0.29, 0.717) is 17.9 Å². The number of amides is 1. The normalized spacial score (nSPS) is 12.7. The van der Waals surface area contributed by atoms with Crippen molar-refractivity contribution in [2.24, 2.45) is 5.73 Å². The number of benzene rings is 1. The van der Waals surface area contributed by atoms with E-state index in [1.54, 1.807) is 39.0 Å². The summed E-state index contributed by atoms with van der Waals surface area (Å²) in [6, 6.07) is 5.26. The monoisotopic (exact) mass is 296 g/mol. The molecule has 0 bridgehead atoms. The smallest absolute Gasteiger partial charge is 0.412 e. The molecule has 0 heterocycles. The SMILES string of the molecule is COc1cc(CC(O)CN)ccc1NC(=O)OC(C)(C)C. The van der Waals surface area contributed by atoms with Gasteiger partial charge in [0.25, 0.3) is 0 Å². The average molecular weight is 296 g/mol. The molecule has 0 fully saturated rings. The molecule has 0 saturated heterocycles. The van der Waals surface area contributed by atoms with Crippen LogP contribution in [0, 0.1) is 0 Å². The van der Waals surface area contributed by atoms with Crippen molar-refractivity contribution in [1.29, 1.82) is 0 Å². The van der Waals surface area contributed by atoms with E-state index in [0.717, 1.165) is 5.56 Å². The van der Waals surface area contributed by atoms with Gasteiger partial charge in [-0.3, -0.25) is 5.32 Å². The molecule has 1 rings (SSSR count). The van der Waals surface area contributed by atoms with Gasteiger partial charge in [-0.05, 0) is 44.9 Å². The lowest BCUT2D eigenvalue weighted by molar-refractivity contribution is 0.0635. The number of anilines is 1. The van der Waals surface area contributed by atoms with E-state index >= 15 is 0 Å². The first kappa shape index (κ1) is 17.3. The number of carbonyl (C=O) groups is 1. The van der Waals surface area contributed by atoms with Crippen LogP contribution in [-0.4, -0.2) is 36.6 Å². The summed E-state index contributed by atoms with van der Waals surface area (Å²) >= 11 is 0. The van der Waals surface area contributed by atoms with E-state index in [9.17, 15) is 9.90 Å². The Morgan fingerprint density at radius 2 is 2.10 bits per heavy atom. The van der Waals surface area contributed by atoms with Gasteiger partial charge in [-0.2, -0.15) is 0 Å². The zero-order chi connectivity index (χ0) is 16.0. The van der Waals surface area contributed by atoms with Crippen molar-refractivity contribution in [2.45, 2.75) is 38.9 Å². The van der Waals surface area contributed by atoms with Crippen LogP contribution in [0.25, 0.3) is 0 Å². The molecule has 0 aliphatic rings. The highest BCUT2D eigenvalue weighted by atomic mass is 16.6. The quantitative estimate of drug-likeness (QED) is 0.771. The molecule has 1 amide bonds. The third kappa shape index (κ3) is 6.01. The Bertz CT molecular complexity index is 483. The van der Waals surface area contributed by atoms with Crippen molar-refractivity contribution >= 4 is 11.8 Å². The minimum Gasteiger partial charge on any atom is -0.495 e. The molecule has 1 atom stereocenters. The number of ether oxygens (including phenoxy) is 2. The van der Waals surface area contributed by atoms with Crippen LogP contribution in [-0.2, 0) is 11.2 Å². The second-order valence-corrected chi connectivity index (χ2v) is 5.76. The topological polar surface area (TPSA) is 93.8 Å². The van der Waals surface area contributed by atoms with E-state index in [-0.39, 0.29) is 6.54 Å². The first-order valence-corrected chi connectivity index (χ1v) is 6.80. The third-order valence-corrected chi connectivity index (χ3v) is 2.64. The van der Waals surface area contributed by atoms with Gasteiger partial charge in [-0.1, -0.05) is 6.07 Å². The molecule has 0 spiro atoms. The highest BCUT2D eigenvalue weighted by Gasteiger charge is 2.17. The van der Waals surface area contributed by atoms with Gasteiger partial charge in [0, 0.05) is 6.54 Å². The largest absolute Gasteiger partial charge is 0.495 e. The van der Waals surface area contributed by atoms with Crippen LogP contribution in [0.4, 0.5) is 10.5 Å². The molecular weight excluding hydrogens is 272 g/mol. The first-order chi connectivity index (χ1) is 9.75. The molecule has 0 aliphatic carbocycles. The summed E-state index contributed by atoms with van der Waals surface area (Å²) in [7, 11) is 1.51. The summed E-state index contributed by atoms with van der Waals surface area (Å²) < 4.78 is 10.4. The highest BCUT2D eigenvalue weighted by molar-refractivity contribution is 5.87. The van der Waals surface area contributed by atoms with E-state index in [1.807, 2.05) is 0 Å². The van der Waals surface area contributed by atoms with E-state index in [2.05, 4.69) is 5.32 Å². The second kappa shape index (κ2) is 7.28. The third-order valence-electron chi connectivity index (χ3n) is 2.64. The summed E-state index contributed by atoms with van der Waals surface area (Å²) in [5, 5.41) is 12.2. The number of aliphatic hydroxyl groups excluding tert-OH is 1. The maximum absolute atomic E-state index is 11.8. The molecule has 6 heteroatoms. The fraction of sp³-hybridized carbons (Fsp3) is 0.533. The fourth-order valence-electron chi connectivity index (χ4n) is 1.73. The van der Waals surface area contributed by atoms with Crippen molar-refractivity contribution in [3.05, 3.63) is 23.8 Å². The van der Waals surface area contributed by atoms with Crippen molar-refractivity contribution in [2.75, 3.05) is 19.0 Å². The summed E-state index contributed by atoms with van der Waals surface area (Å²) in [6.45, 7) is 5.57. The zero-order valence-corrected chi connectivity index (χ0v) is 13.0. The van der Waals surface area contributed by atoms with Gasteiger partial charge in [0.2, 0.25) is 0 Å². The minimum atomic E-state index is -0.598. The second-order valence-electron chi connectivity index (χ2n) is 5.76. The molecular formula is C15H24N2O4. The Morgan fingerprint density at radius 1 is 1.43 bits per heavy atom. The lowest BCUT2D eigenvalue weighted by Crippen LogP contribution is -2.27. The number of methoxy groups -OCH3 is 1. The predicted octanol–water partition coefficient (Wildman–Crippen LogP) is 1.90. The van der Waals surface area contributed by atoms with Gasteiger partial charge in [-0.15, -0.1) is 0 Å². The van der Waals surface area contributed by atoms with Gasteiger partial charge in [0.15, 0.2) is 0 Å². The Labute approximate surface area is 125 Å². The maximum atomic E-state index is 11.8. The molecule has 6 nitrogen and oxygen atoms in total. The van der Waals surface area contributed by atoms with Crippen molar-refractivity contribution < 1.29 is 19.4 Å². The molecule has 0 saturated carbocycles. The van der Waals surface area contributed by atoms with Crippen LogP contribution in [0.15, 0.2) is 18.2 Å². The molecule has 4 N–H and O–H groups in total. The van der Waals surface area contributed by atoms with E-state index < -0.39 is 17.8 Å². The van der Waals surface area contributed by atoms with Crippen LogP contribution in [0.2, 0.25) is 0 Å². The van der Waals surface area contributed by atoms with Gasteiger partial charge in [0.05, 0.1) is 18.9 Å². The predicted molar refractivity (Wildman–Crippen MR) is 81.6 cm³/mol. The lowest BCUT2D eigenvalue weighted by Gasteiger charge is -2.20. The number of aliphatic hydroxyl groups is 1. The fourth-order valence-corrected chi connectivity index (χ4v) is 1.73. The number of hydrogen-bond donors (Lipinski definition) is 3. The van der Waals surface area contributed by atoms with E-state index in [4.69, 9.17) is 15.2 Å². The standard InChI is InChI=1S/C15H24N2O4/c1-15(2,3)21-14(19)17-12-6-5-10(7-11(18)9-16)8-13(12)20-4/h5-6,8,11,18H,7,9,16H2,1-4H3,(H,17,19). The van der Waals surface area contributed by atoms with Gasteiger partial charge >= 0.3 is 6.09 Å². The number of nitrogens with two attached hydrogens (primary N) is 1. The molecule has 1 aromatic rings. The molecule has 21 heavy (non-hydrogen) atoms. The molecule has 0 radical (unpaired) electrons. The molecule has 1 unspecified atom stereocenters. The summed E-state index contributed by atoms with van der Waals surface area (Å²) in [5.41, 5.74) is 6.21. The Kier molecular flexibility index (Phi) is 5.99. The summed E-state index contributed by atoms with van der Waals surface area (Å²) in [5.74, 6) is 0.502. The molecule has 0 aromatic heterocycles. The number of nitrogens with one attached hydrogen (secondary N) is 1. The summed E-state index contributed by atoms with van der Waals surface area (Å²) in [4.78, 5) is 11.8. The molecule has 118 valence electrons. The van der Waals surface area contributed by atoms with Crippen LogP contribution < -0.4 is 15.8 Å². The Morgan fingerprint density at radius 3 is 2.62 bits per heavy atom. The lowest BCUT2D eigenvalue weighted by atomic mass is 10.1. The first-order valence-electron chi connectivity index (χ1n) is 6.80. The number of hydrogen-bond acceptors (Lipinski definition) is 5. The summed E-state index contributed by atoms with van der Waals surface area (Å²) in [6.07, 6.45) is -0.713. The number of rotatable bonds is 5. The van der Waals surface area contributed by atoms with E-state index in [1.165, 1.54) is 7.11 Å². The average Bonchev–Trinajstić information content (AvgIpc) is 2.38.